The van der Waals surface area contributed by atoms with Crippen molar-refractivity contribution in [2.75, 3.05) is 18.5 Å². The molecular formula is C16H26FN3O. The van der Waals surface area contributed by atoms with Gasteiger partial charge >= 0.3 is 0 Å². The second kappa shape index (κ2) is 6.69. The maximum atomic E-state index is 14.1. The Hall–Kier alpha value is -1.23. The average molecular weight is 295 g/mol. The van der Waals surface area contributed by atoms with Crippen molar-refractivity contribution < 1.29 is 9.13 Å². The molecule has 1 aliphatic rings. The molecule has 0 bridgehead atoms. The van der Waals surface area contributed by atoms with Crippen LogP contribution in [-0.4, -0.2) is 23.1 Å². The Bertz CT molecular complexity index is 491. The zero-order valence-electron chi connectivity index (χ0n) is 13.5. The van der Waals surface area contributed by atoms with Crippen LogP contribution in [-0.2, 0) is 10.3 Å². The lowest BCUT2D eigenvalue weighted by Gasteiger charge is -2.38. The molecule has 1 N–H and O–H groups in total. The smallest absolute Gasteiger partial charge is 0.186 e. The molecule has 1 aliphatic carbocycles. The van der Waals surface area contributed by atoms with Crippen LogP contribution < -0.4 is 5.32 Å². The third kappa shape index (κ3) is 3.34. The number of aryl methyl sites for hydroxylation is 1. The van der Waals surface area contributed by atoms with Crippen LogP contribution in [0.4, 0.5) is 10.2 Å². The lowest BCUT2D eigenvalue weighted by Crippen LogP contribution is -2.37. The highest BCUT2D eigenvalue weighted by Crippen LogP contribution is 2.42. The molecule has 4 nitrogen and oxygen atoms in total. The van der Waals surface area contributed by atoms with Crippen molar-refractivity contribution in [1.29, 1.82) is 0 Å². The van der Waals surface area contributed by atoms with Gasteiger partial charge in [0.2, 0.25) is 0 Å². The molecule has 0 saturated heterocycles. The van der Waals surface area contributed by atoms with Crippen molar-refractivity contribution in [3.63, 3.8) is 0 Å². The molecule has 0 aromatic carbocycles. The maximum Gasteiger partial charge on any atom is 0.186 e. The minimum Gasteiger partial charge on any atom is -0.368 e. The van der Waals surface area contributed by atoms with Crippen LogP contribution in [0.2, 0.25) is 0 Å². The number of rotatable bonds is 5. The van der Waals surface area contributed by atoms with Crippen molar-refractivity contribution in [2.45, 2.75) is 59.0 Å². The summed E-state index contributed by atoms with van der Waals surface area (Å²) in [6.45, 7) is 9.08. The summed E-state index contributed by atoms with van der Waals surface area (Å²) in [7, 11) is 0. The number of halogens is 1. The van der Waals surface area contributed by atoms with E-state index in [1.54, 1.807) is 6.92 Å². The first-order valence-corrected chi connectivity index (χ1v) is 7.94. The molecule has 21 heavy (non-hydrogen) atoms. The SMILES string of the molecule is CCNc1nc(C2(OCC)CCCC(C)C2)nc(C)c1F. The van der Waals surface area contributed by atoms with E-state index >= 15 is 0 Å². The van der Waals surface area contributed by atoms with Gasteiger partial charge in [-0.15, -0.1) is 0 Å². The molecule has 0 aliphatic heterocycles. The molecule has 1 aromatic rings. The standard InChI is InChI=1S/C16H26FN3O/c1-5-18-14-13(17)12(4)19-15(20-14)16(21-6-2)9-7-8-11(3)10-16/h11H,5-10H2,1-4H3,(H,18,19,20). The van der Waals surface area contributed by atoms with E-state index in [0.29, 0.717) is 30.6 Å². The number of ether oxygens (including phenoxy) is 1. The Morgan fingerprint density at radius 2 is 2.14 bits per heavy atom. The van der Waals surface area contributed by atoms with Gasteiger partial charge in [0.05, 0.1) is 5.69 Å². The van der Waals surface area contributed by atoms with E-state index in [1.165, 1.54) is 6.42 Å². The summed E-state index contributed by atoms with van der Waals surface area (Å²) in [6, 6.07) is 0. The zero-order valence-corrected chi connectivity index (χ0v) is 13.5. The highest BCUT2D eigenvalue weighted by Gasteiger charge is 2.40. The van der Waals surface area contributed by atoms with Crippen LogP contribution >= 0.6 is 0 Å². The van der Waals surface area contributed by atoms with E-state index in [9.17, 15) is 4.39 Å². The Balaban J connectivity index is 2.44. The molecule has 2 atom stereocenters. The van der Waals surface area contributed by atoms with Gasteiger partial charge in [-0.2, -0.15) is 0 Å². The van der Waals surface area contributed by atoms with Gasteiger partial charge in [0.25, 0.3) is 0 Å². The Labute approximate surface area is 126 Å². The lowest BCUT2D eigenvalue weighted by atomic mass is 9.78. The van der Waals surface area contributed by atoms with E-state index < -0.39 is 5.60 Å². The first-order chi connectivity index (χ1) is 10.0. The van der Waals surface area contributed by atoms with E-state index in [0.717, 1.165) is 19.3 Å². The van der Waals surface area contributed by atoms with Crippen LogP contribution in [0.15, 0.2) is 0 Å². The van der Waals surface area contributed by atoms with Gasteiger partial charge in [0.1, 0.15) is 5.60 Å². The third-order valence-electron chi connectivity index (χ3n) is 4.14. The first-order valence-electron chi connectivity index (χ1n) is 7.94. The highest BCUT2D eigenvalue weighted by molar-refractivity contribution is 5.38. The predicted octanol–water partition coefficient (Wildman–Crippen LogP) is 3.80. The molecule has 1 heterocycles. The molecule has 118 valence electrons. The Morgan fingerprint density at radius 1 is 1.38 bits per heavy atom. The number of anilines is 1. The predicted molar refractivity (Wildman–Crippen MR) is 81.8 cm³/mol. The third-order valence-corrected chi connectivity index (χ3v) is 4.14. The number of hydrogen-bond donors (Lipinski definition) is 1. The second-order valence-electron chi connectivity index (χ2n) is 5.95. The fourth-order valence-corrected chi connectivity index (χ4v) is 3.23. The summed E-state index contributed by atoms with van der Waals surface area (Å²) >= 11 is 0. The summed E-state index contributed by atoms with van der Waals surface area (Å²) in [4.78, 5) is 8.86. The number of hydrogen-bond acceptors (Lipinski definition) is 4. The molecule has 1 fully saturated rings. The van der Waals surface area contributed by atoms with E-state index in [1.807, 2.05) is 13.8 Å². The minimum atomic E-state index is -0.463. The van der Waals surface area contributed by atoms with Crippen LogP contribution in [0.5, 0.6) is 0 Å². The van der Waals surface area contributed by atoms with Crippen molar-refractivity contribution in [2.24, 2.45) is 5.92 Å². The van der Waals surface area contributed by atoms with Gasteiger partial charge in [-0.25, -0.2) is 14.4 Å². The maximum absolute atomic E-state index is 14.1. The van der Waals surface area contributed by atoms with Gasteiger partial charge in [0, 0.05) is 13.2 Å². The van der Waals surface area contributed by atoms with Crippen LogP contribution in [0, 0.1) is 18.7 Å². The molecule has 0 spiro atoms. The second-order valence-corrected chi connectivity index (χ2v) is 5.95. The summed E-state index contributed by atoms with van der Waals surface area (Å²) in [5.74, 6) is 1.13. The minimum absolute atomic E-state index is 0.289. The van der Waals surface area contributed by atoms with Crippen LogP contribution in [0.1, 0.15) is 58.0 Å². The first kappa shape index (κ1) is 16.1. The molecule has 2 rings (SSSR count). The summed E-state index contributed by atoms with van der Waals surface area (Å²) < 4.78 is 20.2. The van der Waals surface area contributed by atoms with Gasteiger partial charge in [0.15, 0.2) is 17.5 Å². The summed E-state index contributed by atoms with van der Waals surface area (Å²) in [5.41, 5.74) is -0.0806. The van der Waals surface area contributed by atoms with Crippen molar-refractivity contribution in [3.8, 4) is 0 Å². The van der Waals surface area contributed by atoms with Gasteiger partial charge in [-0.1, -0.05) is 13.3 Å². The van der Waals surface area contributed by atoms with Crippen molar-refractivity contribution in [3.05, 3.63) is 17.3 Å². The molecule has 0 radical (unpaired) electrons. The van der Waals surface area contributed by atoms with Crippen molar-refractivity contribution in [1.82, 2.24) is 9.97 Å². The van der Waals surface area contributed by atoms with E-state index in [-0.39, 0.29) is 11.6 Å². The van der Waals surface area contributed by atoms with Crippen molar-refractivity contribution >= 4 is 5.82 Å². The normalized spacial score (nSPS) is 25.9. The highest BCUT2D eigenvalue weighted by atomic mass is 19.1. The Morgan fingerprint density at radius 3 is 2.76 bits per heavy atom. The summed E-state index contributed by atoms with van der Waals surface area (Å²) in [6.07, 6.45) is 4.10. The number of nitrogens with zero attached hydrogens (tertiary/aromatic N) is 2. The molecule has 0 amide bonds. The average Bonchev–Trinajstić information content (AvgIpc) is 2.44. The zero-order chi connectivity index (χ0) is 15.5. The van der Waals surface area contributed by atoms with Gasteiger partial charge < -0.3 is 10.1 Å². The van der Waals surface area contributed by atoms with Gasteiger partial charge in [-0.3, -0.25) is 0 Å². The molecule has 5 heteroatoms. The fraction of sp³-hybridized carbons (Fsp3) is 0.750. The molecule has 2 unspecified atom stereocenters. The molecular weight excluding hydrogens is 269 g/mol. The monoisotopic (exact) mass is 295 g/mol. The van der Waals surface area contributed by atoms with E-state index in [4.69, 9.17) is 4.74 Å². The van der Waals surface area contributed by atoms with Crippen LogP contribution in [0.3, 0.4) is 0 Å². The topological polar surface area (TPSA) is 47.0 Å². The Kier molecular flexibility index (Phi) is 5.14. The molecule has 1 aromatic heterocycles. The number of aromatic nitrogens is 2. The quantitative estimate of drug-likeness (QED) is 0.897. The van der Waals surface area contributed by atoms with Gasteiger partial charge in [-0.05, 0) is 46.0 Å². The molecule has 1 saturated carbocycles. The van der Waals surface area contributed by atoms with E-state index in [2.05, 4.69) is 22.2 Å². The van der Waals surface area contributed by atoms with Crippen LogP contribution in [0.25, 0.3) is 0 Å². The largest absolute Gasteiger partial charge is 0.368 e. The summed E-state index contributed by atoms with van der Waals surface area (Å²) in [5, 5.41) is 2.98. The lowest BCUT2D eigenvalue weighted by molar-refractivity contribution is -0.0881. The number of nitrogens with one attached hydrogen (secondary N) is 1. The fourth-order valence-electron chi connectivity index (χ4n) is 3.23.